The zero-order valence-corrected chi connectivity index (χ0v) is 18.0. The Kier molecular flexibility index (Phi) is 6.59. The van der Waals surface area contributed by atoms with E-state index in [-0.39, 0.29) is 16.8 Å². The van der Waals surface area contributed by atoms with Gasteiger partial charge in [-0.15, -0.1) is 0 Å². The van der Waals surface area contributed by atoms with Gasteiger partial charge in [0.2, 0.25) is 10.0 Å². The molecule has 29 heavy (non-hydrogen) atoms. The second-order valence-electron chi connectivity index (χ2n) is 7.80. The lowest BCUT2D eigenvalue weighted by molar-refractivity contribution is 0.102. The quantitative estimate of drug-likeness (QED) is 0.720. The van der Waals surface area contributed by atoms with E-state index in [0.717, 1.165) is 18.8 Å². The molecule has 1 heterocycles. The van der Waals surface area contributed by atoms with Gasteiger partial charge in [0, 0.05) is 36.1 Å². The molecule has 6 nitrogen and oxygen atoms in total. The Morgan fingerprint density at radius 2 is 1.79 bits per heavy atom. The van der Waals surface area contributed by atoms with E-state index in [4.69, 9.17) is 0 Å². The zero-order valence-electron chi connectivity index (χ0n) is 17.2. The number of nitrogens with one attached hydrogen (secondary N) is 2. The molecular weight excluding hydrogens is 386 g/mol. The highest BCUT2D eigenvalue weighted by Crippen LogP contribution is 2.25. The third-order valence-corrected chi connectivity index (χ3v) is 6.92. The van der Waals surface area contributed by atoms with E-state index in [0.29, 0.717) is 23.6 Å². The van der Waals surface area contributed by atoms with Gasteiger partial charge in [0.05, 0.1) is 4.90 Å². The van der Waals surface area contributed by atoms with Crippen molar-refractivity contribution in [1.29, 1.82) is 0 Å². The number of carbonyl (C=O) groups excluding carboxylic acids is 1. The molecule has 3 rings (SSSR count). The summed E-state index contributed by atoms with van der Waals surface area (Å²) in [5, 5.41) is 2.86. The Morgan fingerprint density at radius 1 is 1.14 bits per heavy atom. The number of anilines is 2. The molecular formula is C22H29N3O3S. The molecule has 0 aliphatic carbocycles. The summed E-state index contributed by atoms with van der Waals surface area (Å²) in [7, 11) is -3.58. The van der Waals surface area contributed by atoms with Gasteiger partial charge >= 0.3 is 0 Å². The molecule has 0 spiro atoms. The maximum Gasteiger partial charge on any atom is 0.255 e. The molecule has 2 aromatic carbocycles. The van der Waals surface area contributed by atoms with Gasteiger partial charge in [0.1, 0.15) is 0 Å². The number of rotatable bonds is 7. The molecule has 1 saturated heterocycles. The van der Waals surface area contributed by atoms with Gasteiger partial charge in [-0.1, -0.05) is 13.8 Å². The largest absolute Gasteiger partial charge is 0.371 e. The molecule has 2 unspecified atom stereocenters. The Bertz CT molecular complexity index is 940. The SMILES string of the molecule is CCC(C)NS(=O)(=O)c1ccc(C(=O)Nc2ccc(N3CCC(C)C3)cc2)cc1. The minimum atomic E-state index is -3.58. The second-order valence-corrected chi connectivity index (χ2v) is 9.51. The smallest absolute Gasteiger partial charge is 0.255 e. The fourth-order valence-corrected chi connectivity index (χ4v) is 4.66. The van der Waals surface area contributed by atoms with Crippen molar-refractivity contribution < 1.29 is 13.2 Å². The molecule has 1 amide bonds. The van der Waals surface area contributed by atoms with Crippen molar-refractivity contribution in [2.75, 3.05) is 23.3 Å². The van der Waals surface area contributed by atoms with Gasteiger partial charge in [0.15, 0.2) is 0 Å². The number of nitrogens with zero attached hydrogens (tertiary/aromatic N) is 1. The molecule has 0 bridgehead atoms. The van der Waals surface area contributed by atoms with E-state index >= 15 is 0 Å². The molecule has 0 saturated carbocycles. The van der Waals surface area contributed by atoms with Crippen molar-refractivity contribution in [2.45, 2.75) is 44.6 Å². The molecule has 2 aromatic rings. The minimum Gasteiger partial charge on any atom is -0.371 e. The minimum absolute atomic E-state index is 0.144. The Labute approximate surface area is 173 Å². The van der Waals surface area contributed by atoms with E-state index < -0.39 is 10.0 Å². The first-order valence-electron chi connectivity index (χ1n) is 10.1. The second kappa shape index (κ2) is 8.97. The van der Waals surface area contributed by atoms with Crippen molar-refractivity contribution in [2.24, 2.45) is 5.92 Å². The number of amides is 1. The Hall–Kier alpha value is -2.38. The normalized spacial score (nSPS) is 17.9. The van der Waals surface area contributed by atoms with Crippen LogP contribution in [0, 0.1) is 5.92 Å². The Balaban J connectivity index is 1.63. The summed E-state index contributed by atoms with van der Waals surface area (Å²) in [6.07, 6.45) is 1.91. The summed E-state index contributed by atoms with van der Waals surface area (Å²) in [6, 6.07) is 13.6. The van der Waals surface area contributed by atoms with Crippen molar-refractivity contribution in [3.63, 3.8) is 0 Å². The van der Waals surface area contributed by atoms with Crippen LogP contribution in [-0.2, 0) is 10.0 Å². The van der Waals surface area contributed by atoms with E-state index in [1.165, 1.54) is 30.7 Å². The first kappa shape index (κ1) is 21.3. The predicted molar refractivity (Wildman–Crippen MR) is 117 cm³/mol. The number of benzene rings is 2. The molecule has 2 atom stereocenters. The molecule has 1 fully saturated rings. The van der Waals surface area contributed by atoms with Crippen LogP contribution < -0.4 is 14.9 Å². The number of hydrogen-bond donors (Lipinski definition) is 2. The lowest BCUT2D eigenvalue weighted by Crippen LogP contribution is -2.32. The summed E-state index contributed by atoms with van der Waals surface area (Å²) >= 11 is 0. The average molecular weight is 416 g/mol. The lowest BCUT2D eigenvalue weighted by atomic mass is 10.2. The standard InChI is InChI=1S/C22H29N3O3S/c1-4-17(3)24-29(27,28)21-11-5-18(6-12-21)22(26)23-19-7-9-20(10-8-19)25-14-13-16(2)15-25/h5-12,16-17,24H,4,13-15H2,1-3H3,(H,23,26). The van der Waals surface area contributed by atoms with Crippen LogP contribution in [0.15, 0.2) is 53.4 Å². The zero-order chi connectivity index (χ0) is 21.0. The number of sulfonamides is 1. The van der Waals surface area contributed by atoms with E-state index in [2.05, 4.69) is 21.9 Å². The van der Waals surface area contributed by atoms with Gasteiger partial charge in [-0.2, -0.15) is 0 Å². The van der Waals surface area contributed by atoms with Gasteiger partial charge < -0.3 is 10.2 Å². The summed E-state index contributed by atoms with van der Waals surface area (Å²) in [5.74, 6) is 0.438. The third kappa shape index (κ3) is 5.36. The summed E-state index contributed by atoms with van der Waals surface area (Å²) < 4.78 is 27.2. The topological polar surface area (TPSA) is 78.5 Å². The first-order chi connectivity index (χ1) is 13.8. The summed E-state index contributed by atoms with van der Waals surface area (Å²) in [6.45, 7) is 8.11. The molecule has 1 aliphatic heterocycles. The van der Waals surface area contributed by atoms with Crippen LogP contribution in [0.1, 0.15) is 44.0 Å². The van der Waals surface area contributed by atoms with Crippen molar-refractivity contribution in [3.8, 4) is 0 Å². The van der Waals surface area contributed by atoms with Crippen LogP contribution in [-0.4, -0.2) is 33.5 Å². The van der Waals surface area contributed by atoms with Crippen molar-refractivity contribution >= 4 is 27.3 Å². The van der Waals surface area contributed by atoms with Gasteiger partial charge in [0.25, 0.3) is 5.91 Å². The number of carbonyl (C=O) groups is 1. The number of hydrogen-bond acceptors (Lipinski definition) is 4. The van der Waals surface area contributed by atoms with Gasteiger partial charge in [-0.25, -0.2) is 13.1 Å². The van der Waals surface area contributed by atoms with E-state index in [1.54, 1.807) is 0 Å². The highest BCUT2D eigenvalue weighted by molar-refractivity contribution is 7.89. The van der Waals surface area contributed by atoms with Crippen LogP contribution in [0.2, 0.25) is 0 Å². The van der Waals surface area contributed by atoms with Crippen LogP contribution in [0.5, 0.6) is 0 Å². The molecule has 156 valence electrons. The van der Waals surface area contributed by atoms with Crippen molar-refractivity contribution in [3.05, 3.63) is 54.1 Å². The molecule has 7 heteroatoms. The predicted octanol–water partition coefficient (Wildman–Crippen LogP) is 3.86. The maximum atomic E-state index is 12.5. The van der Waals surface area contributed by atoms with Gasteiger partial charge in [-0.3, -0.25) is 4.79 Å². The summed E-state index contributed by atoms with van der Waals surface area (Å²) in [4.78, 5) is 15.0. The molecule has 0 aromatic heterocycles. The van der Waals surface area contributed by atoms with Gasteiger partial charge in [-0.05, 0) is 74.2 Å². The monoisotopic (exact) mass is 415 g/mol. The molecule has 2 N–H and O–H groups in total. The Morgan fingerprint density at radius 3 is 2.34 bits per heavy atom. The summed E-state index contributed by atoms with van der Waals surface area (Å²) in [5.41, 5.74) is 2.28. The maximum absolute atomic E-state index is 12.5. The third-order valence-electron chi connectivity index (χ3n) is 5.31. The van der Waals surface area contributed by atoms with Crippen LogP contribution >= 0.6 is 0 Å². The highest BCUT2D eigenvalue weighted by atomic mass is 32.2. The fourth-order valence-electron chi connectivity index (χ4n) is 3.33. The van der Waals surface area contributed by atoms with Crippen LogP contribution in [0.4, 0.5) is 11.4 Å². The fraction of sp³-hybridized carbons (Fsp3) is 0.409. The van der Waals surface area contributed by atoms with E-state index in [9.17, 15) is 13.2 Å². The molecule has 1 aliphatic rings. The van der Waals surface area contributed by atoms with E-state index in [1.807, 2.05) is 38.1 Å². The van der Waals surface area contributed by atoms with Crippen LogP contribution in [0.25, 0.3) is 0 Å². The highest BCUT2D eigenvalue weighted by Gasteiger charge is 2.19. The molecule has 0 radical (unpaired) electrons. The average Bonchev–Trinajstić information content (AvgIpc) is 3.14. The first-order valence-corrected chi connectivity index (χ1v) is 11.6. The van der Waals surface area contributed by atoms with Crippen molar-refractivity contribution in [1.82, 2.24) is 4.72 Å². The van der Waals surface area contributed by atoms with Crippen LogP contribution in [0.3, 0.4) is 0 Å². The lowest BCUT2D eigenvalue weighted by Gasteiger charge is -2.18.